The first-order valence-corrected chi connectivity index (χ1v) is 8.54. The Morgan fingerprint density at radius 1 is 1.08 bits per heavy atom. The summed E-state index contributed by atoms with van der Waals surface area (Å²) >= 11 is 0. The molecule has 1 aliphatic heterocycles. The van der Waals surface area contributed by atoms with Gasteiger partial charge in [-0.15, -0.1) is 24.8 Å². The number of nitrogens with zero attached hydrogens (tertiary/aromatic N) is 2. The zero-order chi connectivity index (χ0) is 16.8. The quantitative estimate of drug-likeness (QED) is 0.812. The van der Waals surface area contributed by atoms with Gasteiger partial charge in [-0.1, -0.05) is 30.3 Å². The SMILES string of the molecule is Cl.Cl.NC(CNC(=O)c1cccnc1N1CCCCC1)c1ccccc1. The molecule has 5 nitrogen and oxygen atoms in total. The smallest absolute Gasteiger partial charge is 0.255 e. The van der Waals surface area contributed by atoms with Crippen molar-refractivity contribution < 1.29 is 4.79 Å². The number of hydrogen-bond acceptors (Lipinski definition) is 4. The van der Waals surface area contributed by atoms with Gasteiger partial charge in [-0.2, -0.15) is 0 Å². The average molecular weight is 397 g/mol. The van der Waals surface area contributed by atoms with E-state index in [4.69, 9.17) is 5.73 Å². The summed E-state index contributed by atoms with van der Waals surface area (Å²) in [5.74, 6) is 0.665. The summed E-state index contributed by atoms with van der Waals surface area (Å²) in [5.41, 5.74) is 7.80. The van der Waals surface area contributed by atoms with E-state index in [0.29, 0.717) is 12.1 Å². The minimum absolute atomic E-state index is 0. The minimum atomic E-state index is -0.217. The molecule has 1 aromatic carbocycles. The molecule has 1 atom stereocenters. The monoisotopic (exact) mass is 396 g/mol. The number of rotatable bonds is 5. The third-order valence-corrected chi connectivity index (χ3v) is 4.40. The summed E-state index contributed by atoms with van der Waals surface area (Å²) < 4.78 is 0. The second kappa shape index (κ2) is 11.0. The van der Waals surface area contributed by atoms with Crippen LogP contribution in [0.5, 0.6) is 0 Å². The number of halogens is 2. The van der Waals surface area contributed by atoms with Crippen LogP contribution < -0.4 is 16.0 Å². The molecule has 3 rings (SSSR count). The van der Waals surface area contributed by atoms with E-state index < -0.39 is 0 Å². The van der Waals surface area contributed by atoms with Crippen LogP contribution in [-0.4, -0.2) is 30.5 Å². The van der Waals surface area contributed by atoms with Crippen LogP contribution in [0.1, 0.15) is 41.2 Å². The predicted molar refractivity (Wildman–Crippen MR) is 111 cm³/mol. The molecule has 0 radical (unpaired) electrons. The van der Waals surface area contributed by atoms with Crippen molar-refractivity contribution in [1.29, 1.82) is 0 Å². The number of nitrogens with one attached hydrogen (secondary N) is 1. The maximum absolute atomic E-state index is 12.6. The van der Waals surface area contributed by atoms with E-state index in [0.717, 1.165) is 37.3 Å². The van der Waals surface area contributed by atoms with Gasteiger partial charge in [0.2, 0.25) is 0 Å². The van der Waals surface area contributed by atoms with Crippen LogP contribution in [0.4, 0.5) is 5.82 Å². The molecule has 3 N–H and O–H groups in total. The summed E-state index contributed by atoms with van der Waals surface area (Å²) in [7, 11) is 0. The van der Waals surface area contributed by atoms with Gasteiger partial charge in [-0.05, 0) is 37.0 Å². The molecule has 0 spiro atoms. The van der Waals surface area contributed by atoms with Crippen molar-refractivity contribution in [1.82, 2.24) is 10.3 Å². The number of piperidine rings is 1. The maximum atomic E-state index is 12.6. The summed E-state index contributed by atoms with van der Waals surface area (Å²) in [5, 5.41) is 2.95. The van der Waals surface area contributed by atoms with Crippen molar-refractivity contribution in [3.8, 4) is 0 Å². The number of amides is 1. The number of carbonyl (C=O) groups excluding carboxylic acids is 1. The van der Waals surface area contributed by atoms with E-state index in [1.807, 2.05) is 36.4 Å². The molecule has 2 aromatic rings. The lowest BCUT2D eigenvalue weighted by Gasteiger charge is -2.29. The molecule has 142 valence electrons. The Balaban J connectivity index is 0.00000169. The Hall–Kier alpha value is -1.82. The number of nitrogens with two attached hydrogens (primary N) is 1. The number of benzene rings is 1. The molecule has 1 unspecified atom stereocenters. The lowest BCUT2D eigenvalue weighted by molar-refractivity contribution is 0.0951. The van der Waals surface area contributed by atoms with Crippen LogP contribution in [0.2, 0.25) is 0 Å². The number of aromatic nitrogens is 1. The first-order chi connectivity index (χ1) is 11.8. The van der Waals surface area contributed by atoms with Crippen LogP contribution in [-0.2, 0) is 0 Å². The fourth-order valence-corrected chi connectivity index (χ4v) is 3.05. The zero-order valence-electron chi connectivity index (χ0n) is 14.6. The average Bonchev–Trinajstić information content (AvgIpc) is 2.67. The fraction of sp³-hybridized carbons (Fsp3) is 0.368. The number of pyridine rings is 1. The maximum Gasteiger partial charge on any atom is 0.255 e. The van der Waals surface area contributed by atoms with Crippen LogP contribution in [0.3, 0.4) is 0 Å². The molecule has 1 fully saturated rings. The summed E-state index contributed by atoms with van der Waals surface area (Å²) in [6.07, 6.45) is 5.29. The number of hydrogen-bond donors (Lipinski definition) is 2. The van der Waals surface area contributed by atoms with Gasteiger partial charge in [0, 0.05) is 31.9 Å². The topological polar surface area (TPSA) is 71.2 Å². The molecule has 0 saturated carbocycles. The van der Waals surface area contributed by atoms with Crippen molar-refractivity contribution in [3.05, 3.63) is 59.8 Å². The van der Waals surface area contributed by atoms with Crippen molar-refractivity contribution in [2.45, 2.75) is 25.3 Å². The van der Waals surface area contributed by atoms with Crippen molar-refractivity contribution in [3.63, 3.8) is 0 Å². The Bertz CT molecular complexity index is 678. The highest BCUT2D eigenvalue weighted by atomic mass is 35.5. The van der Waals surface area contributed by atoms with Gasteiger partial charge in [-0.3, -0.25) is 4.79 Å². The van der Waals surface area contributed by atoms with E-state index in [-0.39, 0.29) is 36.8 Å². The van der Waals surface area contributed by atoms with Crippen molar-refractivity contribution >= 4 is 36.5 Å². The zero-order valence-corrected chi connectivity index (χ0v) is 16.3. The Morgan fingerprint density at radius 2 is 1.77 bits per heavy atom. The predicted octanol–water partition coefficient (Wildman–Crippen LogP) is 3.35. The van der Waals surface area contributed by atoms with Gasteiger partial charge in [0.05, 0.1) is 5.56 Å². The van der Waals surface area contributed by atoms with Gasteiger partial charge >= 0.3 is 0 Å². The van der Waals surface area contributed by atoms with E-state index in [1.54, 1.807) is 12.3 Å². The van der Waals surface area contributed by atoms with Crippen LogP contribution >= 0.6 is 24.8 Å². The first-order valence-electron chi connectivity index (χ1n) is 8.54. The van der Waals surface area contributed by atoms with E-state index >= 15 is 0 Å². The molecule has 2 heterocycles. The van der Waals surface area contributed by atoms with Gasteiger partial charge in [0.15, 0.2) is 0 Å². The number of anilines is 1. The van der Waals surface area contributed by atoms with Gasteiger partial charge in [-0.25, -0.2) is 4.98 Å². The second-order valence-electron chi connectivity index (χ2n) is 6.15. The van der Waals surface area contributed by atoms with Crippen LogP contribution in [0.15, 0.2) is 48.7 Å². The molecular weight excluding hydrogens is 371 g/mol. The first kappa shape index (κ1) is 22.2. The molecule has 1 aromatic heterocycles. The van der Waals surface area contributed by atoms with Gasteiger partial charge in [0.1, 0.15) is 5.82 Å². The molecule has 1 saturated heterocycles. The van der Waals surface area contributed by atoms with Gasteiger partial charge < -0.3 is 16.0 Å². The summed E-state index contributed by atoms with van der Waals surface area (Å²) in [6.45, 7) is 2.32. The molecule has 1 amide bonds. The Morgan fingerprint density at radius 3 is 2.46 bits per heavy atom. The molecule has 0 bridgehead atoms. The lowest BCUT2D eigenvalue weighted by atomic mass is 10.1. The Kier molecular flexibility index (Phi) is 9.41. The largest absolute Gasteiger partial charge is 0.356 e. The van der Waals surface area contributed by atoms with Crippen LogP contribution in [0.25, 0.3) is 0 Å². The second-order valence-corrected chi connectivity index (χ2v) is 6.15. The third kappa shape index (κ3) is 5.59. The minimum Gasteiger partial charge on any atom is -0.356 e. The molecule has 0 aliphatic carbocycles. The molecule has 26 heavy (non-hydrogen) atoms. The van der Waals surface area contributed by atoms with Crippen LogP contribution in [0, 0.1) is 0 Å². The number of carbonyl (C=O) groups is 1. The molecule has 1 aliphatic rings. The normalized spacial score (nSPS) is 14.6. The lowest BCUT2D eigenvalue weighted by Crippen LogP contribution is -2.35. The van der Waals surface area contributed by atoms with E-state index in [2.05, 4.69) is 15.2 Å². The Labute approximate surface area is 167 Å². The van der Waals surface area contributed by atoms with E-state index in [1.165, 1.54) is 6.42 Å². The summed E-state index contributed by atoms with van der Waals surface area (Å²) in [6, 6.07) is 13.2. The fourth-order valence-electron chi connectivity index (χ4n) is 3.05. The van der Waals surface area contributed by atoms with Crippen molar-refractivity contribution in [2.24, 2.45) is 5.73 Å². The van der Waals surface area contributed by atoms with E-state index in [9.17, 15) is 4.79 Å². The standard InChI is InChI=1S/C19H24N4O.2ClH/c20-17(15-8-3-1-4-9-15)14-22-19(24)16-10-7-11-21-18(16)23-12-5-2-6-13-23;;/h1,3-4,7-11,17H,2,5-6,12-14,20H2,(H,22,24);2*1H. The molecule has 7 heteroatoms. The van der Waals surface area contributed by atoms with Crippen molar-refractivity contribution in [2.75, 3.05) is 24.5 Å². The van der Waals surface area contributed by atoms with Gasteiger partial charge in [0.25, 0.3) is 5.91 Å². The third-order valence-electron chi connectivity index (χ3n) is 4.40. The summed E-state index contributed by atoms with van der Waals surface area (Å²) in [4.78, 5) is 19.3. The highest BCUT2D eigenvalue weighted by Crippen LogP contribution is 2.21. The highest BCUT2D eigenvalue weighted by Gasteiger charge is 2.20. The molecular formula is C19H26Cl2N4O. The highest BCUT2D eigenvalue weighted by molar-refractivity contribution is 5.98.